The normalized spacial score (nSPS) is 12.4. The van der Waals surface area contributed by atoms with Crippen LogP contribution in [0.15, 0.2) is 11.1 Å². The third-order valence-corrected chi connectivity index (χ3v) is 1.74. The molecule has 0 bridgehead atoms. The van der Waals surface area contributed by atoms with Crippen molar-refractivity contribution in [3.8, 4) is 0 Å². The summed E-state index contributed by atoms with van der Waals surface area (Å²) >= 11 is 0. The van der Waals surface area contributed by atoms with E-state index in [1.807, 2.05) is 20.8 Å². The van der Waals surface area contributed by atoms with E-state index in [0.717, 1.165) is 17.6 Å². The molecule has 0 aliphatic carbocycles. The van der Waals surface area contributed by atoms with E-state index in [-0.39, 0.29) is 5.91 Å². The largest absolute Gasteiger partial charge is 0.355 e. The fraction of sp³-hybridized carbons (Fsp3) is 0.625. The molecule has 2 heteroatoms. The fourth-order valence-corrected chi connectivity index (χ4v) is 0.646. The minimum atomic E-state index is 0.0272. The van der Waals surface area contributed by atoms with Gasteiger partial charge in [-0.3, -0.25) is 4.79 Å². The maximum atomic E-state index is 10.9. The molecule has 0 aromatic carbocycles. The molecule has 0 aliphatic rings. The molecule has 0 aromatic heterocycles. The van der Waals surface area contributed by atoms with Crippen LogP contribution >= 0.6 is 0 Å². The highest BCUT2D eigenvalue weighted by Crippen LogP contribution is 2.06. The zero-order valence-corrected chi connectivity index (χ0v) is 7.12. The summed E-state index contributed by atoms with van der Waals surface area (Å²) in [5, 5.41) is 2.58. The van der Waals surface area contributed by atoms with Gasteiger partial charge >= 0.3 is 0 Å². The molecular weight excluding hydrogens is 126 g/mol. The lowest BCUT2D eigenvalue weighted by Crippen LogP contribution is -2.19. The van der Waals surface area contributed by atoms with Crippen LogP contribution in [0.1, 0.15) is 27.2 Å². The van der Waals surface area contributed by atoms with Crippen molar-refractivity contribution in [3.63, 3.8) is 0 Å². The number of carbonyl (C=O) groups excluding carboxylic acids is 1. The first-order chi connectivity index (χ1) is 4.63. The Morgan fingerprint density at radius 1 is 1.40 bits per heavy atom. The maximum absolute atomic E-state index is 10.9. The minimum absolute atomic E-state index is 0.0272. The van der Waals surface area contributed by atoms with Gasteiger partial charge < -0.3 is 5.32 Å². The molecule has 2 nitrogen and oxygen atoms in total. The molecule has 1 amide bonds. The van der Waals surface area contributed by atoms with Gasteiger partial charge in [0.2, 0.25) is 5.91 Å². The highest BCUT2D eigenvalue weighted by molar-refractivity contribution is 5.93. The van der Waals surface area contributed by atoms with Gasteiger partial charge in [-0.05, 0) is 20.3 Å². The highest BCUT2D eigenvalue weighted by atomic mass is 16.1. The smallest absolute Gasteiger partial charge is 0.246 e. The van der Waals surface area contributed by atoms with E-state index in [0.29, 0.717) is 0 Å². The number of hydrogen-bond acceptors (Lipinski definition) is 1. The standard InChI is InChI=1S/C8H15NO/c1-5-6(2)7(3)8(10)9-4/h5H2,1-4H3,(H,9,10)/b7-6+. The Bertz CT molecular complexity index is 159. The molecule has 0 aromatic rings. The predicted molar refractivity (Wildman–Crippen MR) is 42.7 cm³/mol. The average molecular weight is 141 g/mol. The van der Waals surface area contributed by atoms with Crippen molar-refractivity contribution in [3.05, 3.63) is 11.1 Å². The highest BCUT2D eigenvalue weighted by Gasteiger charge is 2.02. The van der Waals surface area contributed by atoms with Crippen LogP contribution in [0.5, 0.6) is 0 Å². The molecule has 1 N–H and O–H groups in total. The third kappa shape index (κ3) is 2.21. The monoisotopic (exact) mass is 141 g/mol. The first-order valence-corrected chi connectivity index (χ1v) is 3.51. The predicted octanol–water partition coefficient (Wildman–Crippen LogP) is 1.48. The number of allylic oxidation sites excluding steroid dienone is 1. The second-order valence-electron chi connectivity index (χ2n) is 2.34. The molecule has 0 atom stereocenters. The summed E-state index contributed by atoms with van der Waals surface area (Å²) in [6.07, 6.45) is 0.944. The van der Waals surface area contributed by atoms with Crippen LogP contribution in [0.2, 0.25) is 0 Å². The van der Waals surface area contributed by atoms with Gasteiger partial charge in [-0.2, -0.15) is 0 Å². The fourth-order valence-electron chi connectivity index (χ4n) is 0.646. The number of nitrogens with one attached hydrogen (secondary N) is 1. The van der Waals surface area contributed by atoms with E-state index in [4.69, 9.17) is 0 Å². The van der Waals surface area contributed by atoms with Crippen molar-refractivity contribution >= 4 is 5.91 Å². The van der Waals surface area contributed by atoms with Crippen molar-refractivity contribution < 1.29 is 4.79 Å². The summed E-state index contributed by atoms with van der Waals surface area (Å²) in [6.45, 7) is 5.87. The molecule has 0 spiro atoms. The Balaban J connectivity index is 4.30. The number of carbonyl (C=O) groups is 1. The maximum Gasteiger partial charge on any atom is 0.246 e. The third-order valence-electron chi connectivity index (χ3n) is 1.74. The van der Waals surface area contributed by atoms with E-state index in [9.17, 15) is 4.79 Å². The molecule has 58 valence electrons. The summed E-state index contributed by atoms with van der Waals surface area (Å²) in [5.41, 5.74) is 1.99. The molecule has 0 radical (unpaired) electrons. The lowest BCUT2D eigenvalue weighted by Gasteiger charge is -2.02. The molecule has 0 heterocycles. The summed E-state index contributed by atoms with van der Waals surface area (Å²) in [6, 6.07) is 0. The van der Waals surface area contributed by atoms with Crippen LogP contribution in [0.25, 0.3) is 0 Å². The Morgan fingerprint density at radius 2 is 1.90 bits per heavy atom. The Kier molecular flexibility index (Phi) is 3.77. The Hall–Kier alpha value is -0.790. The van der Waals surface area contributed by atoms with E-state index in [1.54, 1.807) is 7.05 Å². The van der Waals surface area contributed by atoms with Crippen molar-refractivity contribution in [2.45, 2.75) is 27.2 Å². The minimum Gasteiger partial charge on any atom is -0.355 e. The summed E-state index contributed by atoms with van der Waals surface area (Å²) < 4.78 is 0. The van der Waals surface area contributed by atoms with Crippen LogP contribution < -0.4 is 5.32 Å². The summed E-state index contributed by atoms with van der Waals surface area (Å²) in [4.78, 5) is 10.9. The van der Waals surface area contributed by atoms with Gasteiger partial charge in [-0.25, -0.2) is 0 Å². The quantitative estimate of drug-likeness (QED) is 0.580. The van der Waals surface area contributed by atoms with Gasteiger partial charge in [-0.15, -0.1) is 0 Å². The lowest BCUT2D eigenvalue weighted by atomic mass is 10.1. The van der Waals surface area contributed by atoms with Gasteiger partial charge in [0.05, 0.1) is 0 Å². The zero-order chi connectivity index (χ0) is 8.15. The van der Waals surface area contributed by atoms with Gasteiger partial charge in [0.25, 0.3) is 0 Å². The van der Waals surface area contributed by atoms with Crippen molar-refractivity contribution in [1.82, 2.24) is 5.32 Å². The van der Waals surface area contributed by atoms with Gasteiger partial charge in [0.1, 0.15) is 0 Å². The topological polar surface area (TPSA) is 29.1 Å². The first-order valence-electron chi connectivity index (χ1n) is 3.51. The number of likely N-dealkylation sites (N-methyl/N-ethyl adjacent to an activating group) is 1. The van der Waals surface area contributed by atoms with E-state index < -0.39 is 0 Å². The van der Waals surface area contributed by atoms with E-state index in [2.05, 4.69) is 5.32 Å². The molecule has 0 fully saturated rings. The summed E-state index contributed by atoms with van der Waals surface area (Å²) in [5.74, 6) is 0.0272. The molecule has 0 saturated carbocycles. The van der Waals surface area contributed by atoms with Crippen LogP contribution in [-0.2, 0) is 4.79 Å². The van der Waals surface area contributed by atoms with E-state index >= 15 is 0 Å². The number of hydrogen-bond donors (Lipinski definition) is 1. The van der Waals surface area contributed by atoms with Gasteiger partial charge in [0, 0.05) is 12.6 Å². The second kappa shape index (κ2) is 4.09. The summed E-state index contributed by atoms with van der Waals surface area (Å²) in [7, 11) is 1.65. The Morgan fingerprint density at radius 3 is 2.20 bits per heavy atom. The van der Waals surface area contributed by atoms with Crippen LogP contribution in [-0.4, -0.2) is 13.0 Å². The molecule has 0 rings (SSSR count). The lowest BCUT2D eigenvalue weighted by molar-refractivity contribution is -0.117. The van der Waals surface area contributed by atoms with Crippen molar-refractivity contribution in [2.24, 2.45) is 0 Å². The SMILES string of the molecule is CC/C(C)=C(\C)C(=O)NC. The number of amides is 1. The first kappa shape index (κ1) is 9.21. The Labute approximate surface area is 62.3 Å². The van der Waals surface area contributed by atoms with Crippen LogP contribution in [0.3, 0.4) is 0 Å². The van der Waals surface area contributed by atoms with E-state index in [1.165, 1.54) is 0 Å². The molecular formula is C8H15NO. The molecule has 0 unspecified atom stereocenters. The average Bonchev–Trinajstić information content (AvgIpc) is 2.00. The molecule has 10 heavy (non-hydrogen) atoms. The number of rotatable bonds is 2. The van der Waals surface area contributed by atoms with Crippen LogP contribution in [0.4, 0.5) is 0 Å². The van der Waals surface area contributed by atoms with Gasteiger partial charge in [-0.1, -0.05) is 12.5 Å². The zero-order valence-electron chi connectivity index (χ0n) is 7.12. The second-order valence-corrected chi connectivity index (χ2v) is 2.34. The molecule has 0 aliphatic heterocycles. The molecule has 0 saturated heterocycles. The van der Waals surface area contributed by atoms with Crippen LogP contribution in [0, 0.1) is 0 Å². The van der Waals surface area contributed by atoms with Crippen molar-refractivity contribution in [1.29, 1.82) is 0 Å². The van der Waals surface area contributed by atoms with Crippen molar-refractivity contribution in [2.75, 3.05) is 7.05 Å². The van der Waals surface area contributed by atoms with Gasteiger partial charge in [0.15, 0.2) is 0 Å².